The van der Waals surface area contributed by atoms with Crippen LogP contribution in [0.2, 0.25) is 0 Å². The highest BCUT2D eigenvalue weighted by Gasteiger charge is 2.47. The first-order valence-corrected chi connectivity index (χ1v) is 6.02. The summed E-state index contributed by atoms with van der Waals surface area (Å²) in [4.78, 5) is 0. The molecule has 2 fully saturated rings. The van der Waals surface area contributed by atoms with Crippen LogP contribution in [0.3, 0.4) is 0 Å². The highest BCUT2D eigenvalue weighted by atomic mass is 31.1. The minimum absolute atomic E-state index is 0.476. The predicted molar refractivity (Wildman–Crippen MR) is 43.5 cm³/mol. The van der Waals surface area contributed by atoms with Crippen molar-refractivity contribution in [1.29, 1.82) is 0 Å². The van der Waals surface area contributed by atoms with Gasteiger partial charge in [-0.25, -0.2) is 0 Å². The maximum Gasteiger partial charge on any atom is -0.00962 e. The molecule has 0 amide bonds. The van der Waals surface area contributed by atoms with Gasteiger partial charge in [0.05, 0.1) is 0 Å². The van der Waals surface area contributed by atoms with Crippen LogP contribution >= 0.6 is 7.92 Å². The molecule has 0 aromatic rings. The van der Waals surface area contributed by atoms with Gasteiger partial charge in [-0.2, -0.15) is 0 Å². The van der Waals surface area contributed by atoms with Crippen LogP contribution in [0.4, 0.5) is 0 Å². The Kier molecular flexibility index (Phi) is 1.34. The first kappa shape index (κ1) is 6.16. The van der Waals surface area contributed by atoms with Crippen LogP contribution in [0.1, 0.15) is 32.1 Å². The summed E-state index contributed by atoms with van der Waals surface area (Å²) in [6, 6.07) is 0. The summed E-state index contributed by atoms with van der Waals surface area (Å²) in [5.74, 6) is 0. The lowest BCUT2D eigenvalue weighted by atomic mass is 10.2. The van der Waals surface area contributed by atoms with E-state index in [1.807, 2.05) is 0 Å². The summed E-state index contributed by atoms with van der Waals surface area (Å²) in [5.41, 5.74) is 0. The lowest BCUT2D eigenvalue weighted by molar-refractivity contribution is 0.650. The van der Waals surface area contributed by atoms with E-state index in [0.717, 1.165) is 5.16 Å². The Morgan fingerprint density at radius 3 is 2.33 bits per heavy atom. The van der Waals surface area contributed by atoms with E-state index in [1.54, 1.807) is 25.4 Å². The monoisotopic (exact) mass is 142 g/mol. The van der Waals surface area contributed by atoms with Gasteiger partial charge in [0.25, 0.3) is 0 Å². The first-order valence-electron chi connectivity index (χ1n) is 4.05. The van der Waals surface area contributed by atoms with E-state index in [-0.39, 0.29) is 0 Å². The first-order chi connectivity index (χ1) is 4.33. The van der Waals surface area contributed by atoms with Gasteiger partial charge in [-0.05, 0) is 43.7 Å². The molecule has 1 heterocycles. The zero-order valence-corrected chi connectivity index (χ0v) is 7.08. The van der Waals surface area contributed by atoms with Gasteiger partial charge in [0.1, 0.15) is 0 Å². The molecule has 0 nitrogen and oxygen atoms in total. The molecule has 1 aliphatic heterocycles. The van der Waals surface area contributed by atoms with Gasteiger partial charge in [-0.3, -0.25) is 0 Å². The Labute approximate surface area is 58.8 Å². The molecule has 0 N–H and O–H groups in total. The van der Waals surface area contributed by atoms with Crippen molar-refractivity contribution in [3.8, 4) is 0 Å². The average Bonchev–Trinajstić information content (AvgIpc) is 2.60. The van der Waals surface area contributed by atoms with E-state index in [4.69, 9.17) is 0 Å². The molecule has 1 unspecified atom stereocenters. The summed E-state index contributed by atoms with van der Waals surface area (Å²) < 4.78 is 0. The predicted octanol–water partition coefficient (Wildman–Crippen LogP) is 2.81. The van der Waals surface area contributed by atoms with Gasteiger partial charge in [0, 0.05) is 0 Å². The Morgan fingerprint density at radius 2 is 1.89 bits per heavy atom. The van der Waals surface area contributed by atoms with Gasteiger partial charge in [0.2, 0.25) is 0 Å². The molecule has 0 aromatic heterocycles. The normalized spacial score (nSPS) is 39.0. The third-order valence-electron chi connectivity index (χ3n) is 3.02. The van der Waals surface area contributed by atoms with Crippen LogP contribution in [0.5, 0.6) is 0 Å². The second-order valence-corrected chi connectivity index (χ2v) is 6.39. The Morgan fingerprint density at radius 1 is 1.11 bits per heavy atom. The molecule has 1 spiro atoms. The SMILES string of the molecule is CP1CCCCC12CC2. The summed E-state index contributed by atoms with van der Waals surface area (Å²) >= 11 is 0. The molecular formula is C8H15P. The van der Waals surface area contributed by atoms with E-state index in [2.05, 4.69) is 6.66 Å². The molecule has 1 saturated carbocycles. The van der Waals surface area contributed by atoms with Gasteiger partial charge >= 0.3 is 0 Å². The zero-order chi connectivity index (χ0) is 6.32. The summed E-state index contributed by atoms with van der Waals surface area (Å²) in [6.07, 6.45) is 9.38. The smallest absolute Gasteiger partial charge is 0.00962 e. The van der Waals surface area contributed by atoms with E-state index in [9.17, 15) is 0 Å². The van der Waals surface area contributed by atoms with Crippen molar-refractivity contribution in [2.24, 2.45) is 0 Å². The molecule has 2 rings (SSSR count). The molecule has 1 atom stereocenters. The molecule has 52 valence electrons. The van der Waals surface area contributed by atoms with Gasteiger partial charge in [-0.15, -0.1) is 7.92 Å². The van der Waals surface area contributed by atoms with Crippen molar-refractivity contribution in [3.05, 3.63) is 0 Å². The minimum Gasteiger partial charge on any atom is -0.104 e. The summed E-state index contributed by atoms with van der Waals surface area (Å²) in [6.45, 7) is 2.52. The highest BCUT2D eigenvalue weighted by molar-refractivity contribution is 7.59. The molecule has 2 aliphatic rings. The van der Waals surface area contributed by atoms with Crippen LogP contribution in [0.25, 0.3) is 0 Å². The quantitative estimate of drug-likeness (QED) is 0.456. The fourth-order valence-electron chi connectivity index (χ4n) is 2.01. The largest absolute Gasteiger partial charge is 0.104 e. The second-order valence-electron chi connectivity index (χ2n) is 3.60. The Hall–Kier alpha value is 0.430. The molecule has 9 heavy (non-hydrogen) atoms. The van der Waals surface area contributed by atoms with Crippen LogP contribution in [-0.2, 0) is 0 Å². The van der Waals surface area contributed by atoms with E-state index < -0.39 is 0 Å². The van der Waals surface area contributed by atoms with Crippen LogP contribution < -0.4 is 0 Å². The van der Waals surface area contributed by atoms with Gasteiger partial charge in [-0.1, -0.05) is 6.42 Å². The fourth-order valence-corrected chi connectivity index (χ4v) is 4.59. The number of rotatable bonds is 0. The zero-order valence-electron chi connectivity index (χ0n) is 6.19. The van der Waals surface area contributed by atoms with E-state index in [1.165, 1.54) is 12.8 Å². The molecule has 0 bridgehead atoms. The van der Waals surface area contributed by atoms with Crippen LogP contribution in [-0.4, -0.2) is 18.0 Å². The topological polar surface area (TPSA) is 0 Å². The standard InChI is InChI=1S/C8H15P/c1-9-7-3-2-4-8(9)5-6-8/h2-7H2,1H3. The van der Waals surface area contributed by atoms with Crippen molar-refractivity contribution >= 4 is 7.92 Å². The molecule has 1 saturated heterocycles. The number of hydrogen-bond donors (Lipinski definition) is 0. The average molecular weight is 142 g/mol. The molecule has 1 aliphatic carbocycles. The van der Waals surface area contributed by atoms with E-state index in [0.29, 0.717) is 7.92 Å². The highest BCUT2D eigenvalue weighted by Crippen LogP contribution is 2.66. The van der Waals surface area contributed by atoms with Crippen molar-refractivity contribution in [1.82, 2.24) is 0 Å². The van der Waals surface area contributed by atoms with E-state index >= 15 is 0 Å². The molecule has 0 radical (unpaired) electrons. The fraction of sp³-hybridized carbons (Fsp3) is 1.00. The molecular weight excluding hydrogens is 127 g/mol. The minimum atomic E-state index is 0.476. The van der Waals surface area contributed by atoms with Crippen molar-refractivity contribution in [2.75, 3.05) is 12.8 Å². The maximum absolute atomic E-state index is 2.52. The van der Waals surface area contributed by atoms with Gasteiger partial charge < -0.3 is 0 Å². The van der Waals surface area contributed by atoms with Gasteiger partial charge in [0.15, 0.2) is 0 Å². The Bertz CT molecular complexity index is 116. The summed E-state index contributed by atoms with van der Waals surface area (Å²) in [5, 5.41) is 0.952. The maximum atomic E-state index is 2.52. The second kappa shape index (κ2) is 1.95. The number of hydrogen-bond acceptors (Lipinski definition) is 0. The molecule has 1 heteroatoms. The molecule has 0 aromatic carbocycles. The lowest BCUT2D eigenvalue weighted by Gasteiger charge is -2.28. The Balaban J connectivity index is 2.03. The van der Waals surface area contributed by atoms with Crippen LogP contribution in [0.15, 0.2) is 0 Å². The third kappa shape index (κ3) is 0.923. The third-order valence-corrected chi connectivity index (χ3v) is 6.30. The summed E-state index contributed by atoms with van der Waals surface area (Å²) in [7, 11) is 0.476. The van der Waals surface area contributed by atoms with Crippen LogP contribution in [0, 0.1) is 0 Å². The lowest BCUT2D eigenvalue weighted by Crippen LogP contribution is -2.12. The van der Waals surface area contributed by atoms with Crippen molar-refractivity contribution in [2.45, 2.75) is 37.3 Å². The van der Waals surface area contributed by atoms with Crippen molar-refractivity contribution < 1.29 is 0 Å². The van der Waals surface area contributed by atoms with Crippen molar-refractivity contribution in [3.63, 3.8) is 0 Å².